The van der Waals surface area contributed by atoms with E-state index in [1.54, 1.807) is 0 Å². The van der Waals surface area contributed by atoms with Gasteiger partial charge < -0.3 is 9.09 Å². The molecule has 6 heteroatoms. The maximum absolute atomic E-state index is 5.50. The van der Waals surface area contributed by atoms with E-state index >= 15 is 0 Å². The van der Waals surface area contributed by atoms with Crippen molar-refractivity contribution in [1.82, 2.24) is 24.8 Å². The van der Waals surface area contributed by atoms with Gasteiger partial charge in [0.2, 0.25) is 0 Å². The second-order valence-corrected chi connectivity index (χ2v) is 7.25. The van der Waals surface area contributed by atoms with Crippen molar-refractivity contribution in [2.75, 3.05) is 13.1 Å². The minimum absolute atomic E-state index is 0.396. The van der Waals surface area contributed by atoms with E-state index in [2.05, 4.69) is 69.0 Å². The second kappa shape index (κ2) is 7.41. The topological polar surface area (TPSA) is 60.0 Å². The van der Waals surface area contributed by atoms with Crippen LogP contribution >= 0.6 is 0 Å². The van der Waals surface area contributed by atoms with Gasteiger partial charge in [-0.15, -0.1) is 10.2 Å². The van der Waals surface area contributed by atoms with E-state index in [1.807, 2.05) is 6.07 Å². The summed E-state index contributed by atoms with van der Waals surface area (Å²) in [5, 5.41) is 13.0. The van der Waals surface area contributed by atoms with Crippen LogP contribution in [0.25, 0.3) is 0 Å². The van der Waals surface area contributed by atoms with Crippen molar-refractivity contribution >= 4 is 0 Å². The fourth-order valence-electron chi connectivity index (χ4n) is 3.39. The second-order valence-electron chi connectivity index (χ2n) is 7.25. The van der Waals surface area contributed by atoms with Crippen LogP contribution in [0.4, 0.5) is 0 Å². The molecular weight excluding hydrogens is 326 g/mol. The maximum Gasteiger partial charge on any atom is 0.150 e. The van der Waals surface area contributed by atoms with Crippen molar-refractivity contribution in [2.24, 2.45) is 0 Å². The first-order valence-electron chi connectivity index (χ1n) is 9.32. The highest BCUT2D eigenvalue weighted by Crippen LogP contribution is 2.18. The lowest BCUT2D eigenvalue weighted by molar-refractivity contribution is 0.234. The van der Waals surface area contributed by atoms with Gasteiger partial charge >= 0.3 is 0 Å². The third-order valence-electron chi connectivity index (χ3n) is 4.95. The Kier molecular flexibility index (Phi) is 4.84. The molecule has 1 aromatic carbocycles. The van der Waals surface area contributed by atoms with Gasteiger partial charge in [-0.1, -0.05) is 49.3 Å². The lowest BCUT2D eigenvalue weighted by atomic mass is 10.1. The lowest BCUT2D eigenvalue weighted by Gasteiger charge is -2.17. The molecule has 3 heterocycles. The summed E-state index contributed by atoms with van der Waals surface area (Å²) >= 11 is 0. The first kappa shape index (κ1) is 17.0. The van der Waals surface area contributed by atoms with Crippen molar-refractivity contribution in [1.29, 1.82) is 0 Å². The van der Waals surface area contributed by atoms with Crippen LogP contribution in [0.3, 0.4) is 0 Å². The van der Waals surface area contributed by atoms with E-state index in [0.717, 1.165) is 62.1 Å². The Bertz CT molecular complexity index is 852. The van der Waals surface area contributed by atoms with E-state index in [1.165, 1.54) is 5.56 Å². The molecule has 1 aliphatic heterocycles. The molecule has 0 aliphatic carbocycles. The Hall–Kier alpha value is -2.47. The molecular formula is C20H25N5O. The Labute approximate surface area is 153 Å². The number of rotatable bonds is 5. The van der Waals surface area contributed by atoms with Gasteiger partial charge in [0.15, 0.2) is 5.76 Å². The number of fused-ring (bicyclic) bond motifs is 1. The van der Waals surface area contributed by atoms with Crippen LogP contribution in [0, 0.1) is 0 Å². The molecule has 0 amide bonds. The quantitative estimate of drug-likeness (QED) is 0.707. The molecule has 0 radical (unpaired) electrons. The predicted octanol–water partition coefficient (Wildman–Crippen LogP) is 3.04. The molecule has 0 N–H and O–H groups in total. The SMILES string of the molecule is CC(C)c1cc(CN2CCc3nnc(Cc4ccccc4)n3CC2)on1. The molecule has 6 nitrogen and oxygen atoms in total. The molecule has 2 aromatic heterocycles. The highest BCUT2D eigenvalue weighted by atomic mass is 16.5. The summed E-state index contributed by atoms with van der Waals surface area (Å²) in [4.78, 5) is 2.41. The van der Waals surface area contributed by atoms with E-state index < -0.39 is 0 Å². The van der Waals surface area contributed by atoms with Crippen LogP contribution in [0.15, 0.2) is 40.9 Å². The number of aromatic nitrogens is 4. The third-order valence-corrected chi connectivity index (χ3v) is 4.95. The average Bonchev–Trinajstić information content (AvgIpc) is 3.20. The molecule has 1 aliphatic rings. The van der Waals surface area contributed by atoms with E-state index in [-0.39, 0.29) is 0 Å². The highest BCUT2D eigenvalue weighted by Gasteiger charge is 2.20. The Morgan fingerprint density at radius 2 is 1.92 bits per heavy atom. The monoisotopic (exact) mass is 351 g/mol. The Balaban J connectivity index is 1.42. The van der Waals surface area contributed by atoms with E-state index in [9.17, 15) is 0 Å². The third kappa shape index (κ3) is 3.70. The minimum atomic E-state index is 0.396. The van der Waals surface area contributed by atoms with Crippen molar-refractivity contribution < 1.29 is 4.52 Å². The van der Waals surface area contributed by atoms with Gasteiger partial charge in [0, 0.05) is 38.5 Å². The molecule has 0 saturated heterocycles. The van der Waals surface area contributed by atoms with Gasteiger partial charge in [0.05, 0.1) is 12.2 Å². The van der Waals surface area contributed by atoms with Crippen molar-refractivity contribution in [3.63, 3.8) is 0 Å². The minimum Gasteiger partial charge on any atom is -0.360 e. The maximum atomic E-state index is 5.50. The predicted molar refractivity (Wildman–Crippen MR) is 98.8 cm³/mol. The molecule has 0 saturated carbocycles. The molecule has 0 atom stereocenters. The number of benzene rings is 1. The van der Waals surface area contributed by atoms with Crippen LogP contribution in [0.5, 0.6) is 0 Å². The van der Waals surface area contributed by atoms with Gasteiger partial charge in [-0.25, -0.2) is 0 Å². The molecule has 136 valence electrons. The van der Waals surface area contributed by atoms with Crippen molar-refractivity contribution in [3.05, 3.63) is 65.1 Å². The summed E-state index contributed by atoms with van der Waals surface area (Å²) < 4.78 is 7.79. The summed E-state index contributed by atoms with van der Waals surface area (Å²) in [5.74, 6) is 3.47. The number of hydrogen-bond donors (Lipinski definition) is 0. The summed E-state index contributed by atoms with van der Waals surface area (Å²) in [6.07, 6.45) is 1.74. The molecule has 0 bridgehead atoms. The Morgan fingerprint density at radius 1 is 1.08 bits per heavy atom. The zero-order valence-electron chi connectivity index (χ0n) is 15.4. The summed E-state index contributed by atoms with van der Waals surface area (Å²) in [7, 11) is 0. The normalized spacial score (nSPS) is 15.2. The average molecular weight is 351 g/mol. The van der Waals surface area contributed by atoms with Gasteiger partial charge in [-0.2, -0.15) is 0 Å². The van der Waals surface area contributed by atoms with Crippen molar-refractivity contribution in [3.8, 4) is 0 Å². The fourth-order valence-corrected chi connectivity index (χ4v) is 3.39. The first-order chi connectivity index (χ1) is 12.7. The zero-order chi connectivity index (χ0) is 17.9. The standard InChI is InChI=1S/C20H25N5O/c1-15(2)18-13-17(26-23-18)14-24-9-8-19-21-22-20(25(19)11-10-24)12-16-6-4-3-5-7-16/h3-7,13,15H,8-12,14H2,1-2H3. The Morgan fingerprint density at radius 3 is 2.69 bits per heavy atom. The molecule has 0 spiro atoms. The van der Waals surface area contributed by atoms with Crippen LogP contribution in [0.2, 0.25) is 0 Å². The highest BCUT2D eigenvalue weighted by molar-refractivity contribution is 5.19. The number of nitrogens with zero attached hydrogens (tertiary/aromatic N) is 5. The van der Waals surface area contributed by atoms with Crippen molar-refractivity contribution in [2.45, 2.75) is 45.7 Å². The number of hydrogen-bond acceptors (Lipinski definition) is 5. The fraction of sp³-hybridized carbons (Fsp3) is 0.450. The van der Waals surface area contributed by atoms with Gasteiger partial charge in [-0.3, -0.25) is 4.90 Å². The van der Waals surface area contributed by atoms with E-state index in [0.29, 0.717) is 5.92 Å². The molecule has 4 rings (SSSR count). The lowest BCUT2D eigenvalue weighted by Crippen LogP contribution is -2.26. The van der Waals surface area contributed by atoms with Gasteiger partial charge in [-0.05, 0) is 11.5 Å². The zero-order valence-corrected chi connectivity index (χ0v) is 15.4. The smallest absolute Gasteiger partial charge is 0.150 e. The first-order valence-corrected chi connectivity index (χ1v) is 9.32. The molecule has 26 heavy (non-hydrogen) atoms. The van der Waals surface area contributed by atoms with Crippen LogP contribution in [-0.2, 0) is 25.9 Å². The van der Waals surface area contributed by atoms with Gasteiger partial charge in [0.1, 0.15) is 11.6 Å². The van der Waals surface area contributed by atoms with Crippen LogP contribution in [0.1, 0.15) is 48.4 Å². The van der Waals surface area contributed by atoms with Crippen LogP contribution in [-0.4, -0.2) is 37.9 Å². The van der Waals surface area contributed by atoms with Crippen LogP contribution < -0.4 is 0 Å². The molecule has 3 aromatic rings. The summed E-state index contributed by atoms with van der Waals surface area (Å²) in [5.41, 5.74) is 2.30. The van der Waals surface area contributed by atoms with Gasteiger partial charge in [0.25, 0.3) is 0 Å². The summed E-state index contributed by atoms with van der Waals surface area (Å²) in [6.45, 7) is 7.90. The summed E-state index contributed by atoms with van der Waals surface area (Å²) in [6, 6.07) is 12.5. The molecule has 0 unspecified atom stereocenters. The van der Waals surface area contributed by atoms with E-state index in [4.69, 9.17) is 4.52 Å². The molecule has 0 fully saturated rings. The largest absolute Gasteiger partial charge is 0.360 e.